The van der Waals surface area contributed by atoms with Crippen molar-refractivity contribution in [1.82, 2.24) is 10.2 Å². The molecule has 5 heteroatoms. The Kier molecular flexibility index (Phi) is 3.08. The lowest BCUT2D eigenvalue weighted by Gasteiger charge is -2.08. The van der Waals surface area contributed by atoms with Crippen molar-refractivity contribution in [1.29, 1.82) is 0 Å². The van der Waals surface area contributed by atoms with Crippen LogP contribution in [-0.2, 0) is 6.42 Å². The van der Waals surface area contributed by atoms with E-state index in [1.165, 1.54) is 6.07 Å². The molecule has 0 unspecified atom stereocenters. The molecular formula is C12H13FN2O2. The topological polar surface area (TPSA) is 48.2 Å². The van der Waals surface area contributed by atoms with Gasteiger partial charge in [0.25, 0.3) is 5.89 Å². The van der Waals surface area contributed by atoms with Crippen molar-refractivity contribution in [3.63, 3.8) is 0 Å². The smallest absolute Gasteiger partial charge is 0.250 e. The number of halogens is 1. The van der Waals surface area contributed by atoms with Gasteiger partial charge in [0.2, 0.25) is 5.89 Å². The zero-order valence-corrected chi connectivity index (χ0v) is 9.95. The molecule has 2 rings (SSSR count). The highest BCUT2D eigenvalue weighted by atomic mass is 19.1. The van der Waals surface area contributed by atoms with E-state index in [0.29, 0.717) is 18.1 Å². The summed E-state index contributed by atoms with van der Waals surface area (Å²) in [6.07, 6.45) is 0.698. The molecule has 0 bridgehead atoms. The molecule has 0 radical (unpaired) electrons. The van der Waals surface area contributed by atoms with Crippen LogP contribution in [0.3, 0.4) is 0 Å². The second-order valence-corrected chi connectivity index (χ2v) is 3.62. The molecule has 0 aliphatic rings. The predicted molar refractivity (Wildman–Crippen MR) is 60.4 cm³/mol. The highest BCUT2D eigenvalue weighted by Crippen LogP contribution is 2.29. The first-order valence-corrected chi connectivity index (χ1v) is 5.32. The zero-order valence-electron chi connectivity index (χ0n) is 9.95. The number of nitrogens with zero attached hydrogens (tertiary/aromatic N) is 2. The standard InChI is InChI=1S/C12H13FN2O2/c1-4-8-5-10(13)9(6-11(8)16-3)12-15-14-7(2)17-12/h5-6H,4H2,1-3H3. The molecule has 4 nitrogen and oxygen atoms in total. The van der Waals surface area contributed by atoms with Crippen LogP contribution >= 0.6 is 0 Å². The Labute approximate surface area is 98.4 Å². The maximum Gasteiger partial charge on any atom is 0.250 e. The molecule has 0 amide bonds. The van der Waals surface area contributed by atoms with Gasteiger partial charge in [0.1, 0.15) is 11.6 Å². The first kappa shape index (κ1) is 11.6. The van der Waals surface area contributed by atoms with Crippen molar-refractivity contribution >= 4 is 0 Å². The number of hydrogen-bond donors (Lipinski definition) is 0. The normalized spacial score (nSPS) is 10.6. The van der Waals surface area contributed by atoms with E-state index in [4.69, 9.17) is 9.15 Å². The second kappa shape index (κ2) is 4.53. The molecule has 2 aromatic rings. The fourth-order valence-corrected chi connectivity index (χ4v) is 1.63. The summed E-state index contributed by atoms with van der Waals surface area (Å²) >= 11 is 0. The first-order valence-electron chi connectivity index (χ1n) is 5.32. The molecule has 0 saturated carbocycles. The highest BCUT2D eigenvalue weighted by molar-refractivity contribution is 5.58. The van der Waals surface area contributed by atoms with Crippen molar-refractivity contribution in [2.24, 2.45) is 0 Å². The van der Waals surface area contributed by atoms with E-state index >= 15 is 0 Å². The number of hydrogen-bond acceptors (Lipinski definition) is 4. The summed E-state index contributed by atoms with van der Waals surface area (Å²) in [6.45, 7) is 3.60. The van der Waals surface area contributed by atoms with Crippen LogP contribution in [0.1, 0.15) is 18.4 Å². The SMILES string of the molecule is CCc1cc(F)c(-c2nnc(C)o2)cc1OC. The summed E-state index contributed by atoms with van der Waals surface area (Å²) in [6, 6.07) is 3.02. The predicted octanol–water partition coefficient (Wildman–Crippen LogP) is 2.76. The lowest BCUT2D eigenvalue weighted by atomic mass is 10.1. The fourth-order valence-electron chi connectivity index (χ4n) is 1.63. The Morgan fingerprint density at radius 1 is 1.35 bits per heavy atom. The van der Waals surface area contributed by atoms with Gasteiger partial charge in [0.05, 0.1) is 12.7 Å². The van der Waals surface area contributed by atoms with Crippen LogP contribution in [-0.4, -0.2) is 17.3 Å². The average molecular weight is 236 g/mol. The Balaban J connectivity index is 2.55. The zero-order chi connectivity index (χ0) is 12.4. The second-order valence-electron chi connectivity index (χ2n) is 3.62. The van der Waals surface area contributed by atoms with Crippen LogP contribution in [0.5, 0.6) is 5.75 Å². The van der Waals surface area contributed by atoms with Crippen LogP contribution in [0, 0.1) is 12.7 Å². The van der Waals surface area contributed by atoms with Crippen LogP contribution in [0.4, 0.5) is 4.39 Å². The van der Waals surface area contributed by atoms with Crippen LogP contribution in [0.25, 0.3) is 11.5 Å². The first-order chi connectivity index (χ1) is 8.15. The molecule has 0 spiro atoms. The number of benzene rings is 1. The van der Waals surface area contributed by atoms with Crippen LogP contribution in [0.2, 0.25) is 0 Å². The average Bonchev–Trinajstić information content (AvgIpc) is 2.75. The van der Waals surface area contributed by atoms with Gasteiger partial charge in [-0.15, -0.1) is 10.2 Å². The summed E-state index contributed by atoms with van der Waals surface area (Å²) < 4.78 is 24.3. The summed E-state index contributed by atoms with van der Waals surface area (Å²) in [7, 11) is 1.55. The minimum absolute atomic E-state index is 0.168. The minimum Gasteiger partial charge on any atom is -0.496 e. The lowest BCUT2D eigenvalue weighted by Crippen LogP contribution is -1.94. The van der Waals surface area contributed by atoms with Gasteiger partial charge in [-0.25, -0.2) is 4.39 Å². The molecule has 1 aromatic carbocycles. The van der Waals surface area contributed by atoms with Gasteiger partial charge >= 0.3 is 0 Å². The van der Waals surface area contributed by atoms with Gasteiger partial charge in [-0.3, -0.25) is 0 Å². The molecule has 0 aliphatic carbocycles. The Morgan fingerprint density at radius 2 is 2.12 bits per heavy atom. The molecule has 0 aliphatic heterocycles. The summed E-state index contributed by atoms with van der Waals surface area (Å²) in [4.78, 5) is 0. The largest absolute Gasteiger partial charge is 0.496 e. The van der Waals surface area contributed by atoms with Crippen molar-refractivity contribution in [3.05, 3.63) is 29.4 Å². The lowest BCUT2D eigenvalue weighted by molar-refractivity contribution is 0.408. The van der Waals surface area contributed by atoms with Crippen molar-refractivity contribution in [3.8, 4) is 17.2 Å². The van der Waals surface area contributed by atoms with E-state index in [-0.39, 0.29) is 17.3 Å². The number of aryl methyl sites for hydroxylation is 2. The number of aromatic nitrogens is 2. The van der Waals surface area contributed by atoms with Crippen LogP contribution in [0.15, 0.2) is 16.5 Å². The maximum absolute atomic E-state index is 13.9. The van der Waals surface area contributed by atoms with Crippen molar-refractivity contribution < 1.29 is 13.5 Å². The molecule has 90 valence electrons. The van der Waals surface area contributed by atoms with Crippen LogP contribution < -0.4 is 4.74 Å². The van der Waals surface area contributed by atoms with Gasteiger partial charge in [0.15, 0.2) is 0 Å². The molecule has 1 aromatic heterocycles. The van der Waals surface area contributed by atoms with E-state index in [1.54, 1.807) is 20.1 Å². The molecule has 0 saturated heterocycles. The van der Waals surface area contributed by atoms with E-state index < -0.39 is 0 Å². The fraction of sp³-hybridized carbons (Fsp3) is 0.333. The third-order valence-electron chi connectivity index (χ3n) is 2.51. The van der Waals surface area contributed by atoms with E-state index in [1.807, 2.05) is 6.92 Å². The van der Waals surface area contributed by atoms with E-state index in [9.17, 15) is 4.39 Å². The Bertz CT molecular complexity index is 537. The molecular weight excluding hydrogens is 223 g/mol. The monoisotopic (exact) mass is 236 g/mol. The number of rotatable bonds is 3. The maximum atomic E-state index is 13.9. The summed E-state index contributed by atoms with van der Waals surface area (Å²) in [5.41, 5.74) is 1.07. The van der Waals surface area contributed by atoms with Gasteiger partial charge in [-0.2, -0.15) is 0 Å². The molecule has 0 N–H and O–H groups in total. The van der Waals surface area contributed by atoms with Gasteiger partial charge in [-0.05, 0) is 24.1 Å². The Morgan fingerprint density at radius 3 is 2.65 bits per heavy atom. The minimum atomic E-state index is -0.383. The molecule has 1 heterocycles. The molecule has 0 atom stereocenters. The van der Waals surface area contributed by atoms with E-state index in [2.05, 4.69) is 10.2 Å². The van der Waals surface area contributed by atoms with Gasteiger partial charge in [-0.1, -0.05) is 6.92 Å². The van der Waals surface area contributed by atoms with Gasteiger partial charge < -0.3 is 9.15 Å². The van der Waals surface area contributed by atoms with E-state index in [0.717, 1.165) is 5.56 Å². The number of ether oxygens (including phenoxy) is 1. The Hall–Kier alpha value is -1.91. The van der Waals surface area contributed by atoms with Crippen molar-refractivity contribution in [2.75, 3.05) is 7.11 Å². The number of methoxy groups -OCH3 is 1. The van der Waals surface area contributed by atoms with Gasteiger partial charge in [0, 0.05) is 6.92 Å². The third kappa shape index (κ3) is 2.13. The summed E-state index contributed by atoms with van der Waals surface area (Å²) in [5.74, 6) is 0.810. The quantitative estimate of drug-likeness (QED) is 0.822. The summed E-state index contributed by atoms with van der Waals surface area (Å²) in [5, 5.41) is 7.47. The highest BCUT2D eigenvalue weighted by Gasteiger charge is 2.15. The molecule has 17 heavy (non-hydrogen) atoms. The van der Waals surface area contributed by atoms with Crippen molar-refractivity contribution in [2.45, 2.75) is 20.3 Å². The third-order valence-corrected chi connectivity index (χ3v) is 2.51. The molecule has 0 fully saturated rings.